The lowest BCUT2D eigenvalue weighted by Gasteiger charge is -2.35. The second-order valence-corrected chi connectivity index (χ2v) is 7.94. The summed E-state index contributed by atoms with van der Waals surface area (Å²) in [6.07, 6.45) is 4.73. The van der Waals surface area contributed by atoms with Crippen LogP contribution in [0.1, 0.15) is 43.7 Å². The van der Waals surface area contributed by atoms with Crippen LogP contribution in [0, 0.1) is 11.8 Å². The molecule has 0 unspecified atom stereocenters. The molecule has 0 radical (unpaired) electrons. The maximum absolute atomic E-state index is 12.3. The van der Waals surface area contributed by atoms with Gasteiger partial charge in [0.25, 0.3) is 5.91 Å². The molecular weight excluding hydrogens is 360 g/mol. The van der Waals surface area contributed by atoms with Crippen molar-refractivity contribution >= 4 is 17.8 Å². The van der Waals surface area contributed by atoms with E-state index < -0.39 is 6.03 Å². The Bertz CT molecular complexity index is 682. The van der Waals surface area contributed by atoms with Gasteiger partial charge >= 0.3 is 6.03 Å². The minimum atomic E-state index is -0.414. The number of amides is 4. The molecule has 3 rings (SSSR count). The fourth-order valence-electron chi connectivity index (χ4n) is 4.02. The lowest BCUT2D eigenvalue weighted by molar-refractivity contribution is -0.121. The van der Waals surface area contributed by atoms with E-state index in [4.69, 9.17) is 4.42 Å². The van der Waals surface area contributed by atoms with Crippen LogP contribution in [-0.2, 0) is 4.79 Å². The molecule has 1 saturated carbocycles. The van der Waals surface area contributed by atoms with Gasteiger partial charge in [-0.3, -0.25) is 19.8 Å². The van der Waals surface area contributed by atoms with Gasteiger partial charge in [-0.2, -0.15) is 0 Å². The van der Waals surface area contributed by atoms with Crippen molar-refractivity contribution in [3.8, 4) is 0 Å². The number of hydrogen-bond donors (Lipinski definition) is 2. The van der Waals surface area contributed by atoms with Crippen LogP contribution in [0.25, 0.3) is 0 Å². The second-order valence-electron chi connectivity index (χ2n) is 7.94. The molecule has 0 aromatic carbocycles. The van der Waals surface area contributed by atoms with E-state index in [1.165, 1.54) is 12.7 Å². The Hall–Kier alpha value is -2.35. The molecule has 2 heterocycles. The number of carbonyl (C=O) groups excluding carboxylic acids is 3. The zero-order chi connectivity index (χ0) is 20.1. The molecule has 8 nitrogen and oxygen atoms in total. The Balaban J connectivity index is 1.38. The Morgan fingerprint density at radius 1 is 1.14 bits per heavy atom. The fraction of sp³-hybridized carbons (Fsp3) is 0.650. The maximum Gasteiger partial charge on any atom is 0.321 e. The van der Waals surface area contributed by atoms with Gasteiger partial charge < -0.3 is 14.6 Å². The number of nitrogens with zero attached hydrogens (tertiary/aromatic N) is 2. The van der Waals surface area contributed by atoms with Crippen molar-refractivity contribution in [3.05, 3.63) is 24.2 Å². The topological polar surface area (TPSA) is 94.9 Å². The van der Waals surface area contributed by atoms with Crippen LogP contribution >= 0.6 is 0 Å². The molecule has 1 saturated heterocycles. The minimum absolute atomic E-state index is 0.118. The summed E-state index contributed by atoms with van der Waals surface area (Å²) >= 11 is 0. The first-order chi connectivity index (χ1) is 13.4. The zero-order valence-electron chi connectivity index (χ0n) is 16.6. The van der Waals surface area contributed by atoms with Crippen LogP contribution in [0.2, 0.25) is 0 Å². The minimum Gasteiger partial charge on any atom is -0.459 e. The molecule has 1 aromatic heterocycles. The molecule has 2 fully saturated rings. The number of nitrogens with one attached hydrogen (secondary N) is 2. The summed E-state index contributed by atoms with van der Waals surface area (Å²) in [5, 5.41) is 5.39. The summed E-state index contributed by atoms with van der Waals surface area (Å²) < 4.78 is 5.15. The highest BCUT2D eigenvalue weighted by atomic mass is 16.3. The largest absolute Gasteiger partial charge is 0.459 e. The number of imide groups is 1. The normalized spacial score (nSPS) is 25.9. The summed E-state index contributed by atoms with van der Waals surface area (Å²) in [5.41, 5.74) is 0. The van der Waals surface area contributed by atoms with Gasteiger partial charge in [-0.05, 0) is 30.4 Å². The standard InChI is InChI=1S/C20H30N4O4/c1-14-5-3-6-16(15(14)2)21-20(27)22-18(25)13-23-8-10-24(11-9-23)19(26)17-7-4-12-28-17/h4,7,12,14-16H,3,5-6,8-11,13H2,1-2H3,(H2,21,22,25,27)/t14-,15-,16-/m1/s1. The Labute approximate surface area is 165 Å². The smallest absolute Gasteiger partial charge is 0.321 e. The van der Waals surface area contributed by atoms with E-state index in [0.29, 0.717) is 43.8 Å². The fourth-order valence-corrected chi connectivity index (χ4v) is 4.02. The molecule has 0 bridgehead atoms. The molecule has 154 valence electrons. The SMILES string of the molecule is C[C@@H]1[C@H](C)CCC[C@H]1NC(=O)NC(=O)CN1CCN(C(=O)c2ccco2)CC1. The monoisotopic (exact) mass is 390 g/mol. The van der Waals surface area contributed by atoms with E-state index in [0.717, 1.165) is 12.8 Å². The molecule has 1 aliphatic carbocycles. The van der Waals surface area contributed by atoms with E-state index in [2.05, 4.69) is 24.5 Å². The van der Waals surface area contributed by atoms with Crippen molar-refractivity contribution in [1.29, 1.82) is 0 Å². The van der Waals surface area contributed by atoms with Crippen LogP contribution < -0.4 is 10.6 Å². The molecule has 1 aromatic rings. The van der Waals surface area contributed by atoms with Gasteiger partial charge in [0.1, 0.15) is 0 Å². The quantitative estimate of drug-likeness (QED) is 0.816. The van der Waals surface area contributed by atoms with Gasteiger partial charge in [-0.25, -0.2) is 4.79 Å². The van der Waals surface area contributed by atoms with Crippen molar-refractivity contribution in [2.75, 3.05) is 32.7 Å². The number of furan rings is 1. The van der Waals surface area contributed by atoms with Gasteiger partial charge in [0.2, 0.25) is 5.91 Å². The van der Waals surface area contributed by atoms with Crippen LogP contribution in [0.15, 0.2) is 22.8 Å². The molecule has 3 atom stereocenters. The van der Waals surface area contributed by atoms with Crippen molar-refractivity contribution in [2.24, 2.45) is 11.8 Å². The summed E-state index contributed by atoms with van der Waals surface area (Å²) in [7, 11) is 0. The highest BCUT2D eigenvalue weighted by molar-refractivity contribution is 5.95. The van der Waals surface area contributed by atoms with Crippen molar-refractivity contribution < 1.29 is 18.8 Å². The maximum atomic E-state index is 12.3. The van der Waals surface area contributed by atoms with Gasteiger partial charge in [0.15, 0.2) is 5.76 Å². The number of piperazine rings is 1. The van der Waals surface area contributed by atoms with E-state index in [-0.39, 0.29) is 24.4 Å². The Morgan fingerprint density at radius 3 is 2.57 bits per heavy atom. The van der Waals surface area contributed by atoms with Gasteiger partial charge in [-0.15, -0.1) is 0 Å². The zero-order valence-corrected chi connectivity index (χ0v) is 16.6. The molecule has 2 N–H and O–H groups in total. The van der Waals surface area contributed by atoms with Crippen molar-refractivity contribution in [3.63, 3.8) is 0 Å². The van der Waals surface area contributed by atoms with E-state index in [1.807, 2.05) is 4.90 Å². The Morgan fingerprint density at radius 2 is 1.89 bits per heavy atom. The molecule has 0 spiro atoms. The number of rotatable bonds is 4. The summed E-state index contributed by atoms with van der Waals surface area (Å²) in [6, 6.07) is 3.04. The molecule has 2 aliphatic rings. The van der Waals surface area contributed by atoms with E-state index in [1.54, 1.807) is 17.0 Å². The third-order valence-corrected chi connectivity index (χ3v) is 6.03. The highest BCUT2D eigenvalue weighted by Crippen LogP contribution is 2.29. The average molecular weight is 390 g/mol. The predicted octanol–water partition coefficient (Wildman–Crippen LogP) is 1.69. The van der Waals surface area contributed by atoms with Gasteiger partial charge in [-0.1, -0.05) is 26.7 Å². The molecule has 4 amide bonds. The first kappa shape index (κ1) is 20.4. The summed E-state index contributed by atoms with van der Waals surface area (Å²) in [6.45, 7) is 6.72. The molecule has 1 aliphatic heterocycles. The number of carbonyl (C=O) groups is 3. The summed E-state index contributed by atoms with van der Waals surface area (Å²) in [5.74, 6) is 0.863. The van der Waals surface area contributed by atoms with Gasteiger partial charge in [0.05, 0.1) is 12.8 Å². The average Bonchev–Trinajstić information content (AvgIpc) is 3.20. The van der Waals surface area contributed by atoms with E-state index >= 15 is 0 Å². The number of urea groups is 1. The second kappa shape index (κ2) is 9.23. The highest BCUT2D eigenvalue weighted by Gasteiger charge is 2.29. The van der Waals surface area contributed by atoms with Crippen molar-refractivity contribution in [2.45, 2.75) is 39.2 Å². The predicted molar refractivity (Wildman–Crippen MR) is 104 cm³/mol. The van der Waals surface area contributed by atoms with Crippen molar-refractivity contribution in [1.82, 2.24) is 20.4 Å². The first-order valence-electron chi connectivity index (χ1n) is 10.1. The lowest BCUT2D eigenvalue weighted by Crippen LogP contribution is -2.53. The van der Waals surface area contributed by atoms with Crippen LogP contribution in [0.4, 0.5) is 4.79 Å². The third-order valence-electron chi connectivity index (χ3n) is 6.03. The molecule has 8 heteroatoms. The van der Waals surface area contributed by atoms with Crippen LogP contribution in [-0.4, -0.2) is 66.4 Å². The first-order valence-corrected chi connectivity index (χ1v) is 10.1. The third kappa shape index (κ3) is 5.13. The number of hydrogen-bond acceptors (Lipinski definition) is 5. The summed E-state index contributed by atoms with van der Waals surface area (Å²) in [4.78, 5) is 40.3. The van der Waals surface area contributed by atoms with Crippen LogP contribution in [0.3, 0.4) is 0 Å². The van der Waals surface area contributed by atoms with Crippen LogP contribution in [0.5, 0.6) is 0 Å². The van der Waals surface area contributed by atoms with E-state index in [9.17, 15) is 14.4 Å². The molecular formula is C20H30N4O4. The van der Waals surface area contributed by atoms with Gasteiger partial charge in [0, 0.05) is 32.2 Å². The lowest BCUT2D eigenvalue weighted by atomic mass is 9.78. The molecule has 28 heavy (non-hydrogen) atoms. The Kier molecular flexibility index (Phi) is 6.72.